The molecule has 4 aromatic rings. The number of hydrogen-bond donors (Lipinski definition) is 0. The van der Waals surface area contributed by atoms with Crippen molar-refractivity contribution in [1.29, 1.82) is 5.26 Å². The molecule has 43 heavy (non-hydrogen) atoms. The van der Waals surface area contributed by atoms with Gasteiger partial charge in [-0.15, -0.1) is 0 Å². The Bertz CT molecular complexity index is 1710. The normalized spacial score (nSPS) is 14.5. The highest BCUT2D eigenvalue weighted by atomic mass is 16.5. The van der Waals surface area contributed by atoms with Gasteiger partial charge in [0.15, 0.2) is 0 Å². The summed E-state index contributed by atoms with van der Waals surface area (Å²) in [6.45, 7) is 6.80. The highest BCUT2D eigenvalue weighted by Gasteiger charge is 2.35. The van der Waals surface area contributed by atoms with Gasteiger partial charge in [-0.3, -0.25) is 14.5 Å². The molecular formula is C36H34N4O3. The fraction of sp³-hybridized carbons (Fsp3) is 0.222. The lowest BCUT2D eigenvalue weighted by Crippen LogP contribution is -2.43. The van der Waals surface area contributed by atoms with Crippen molar-refractivity contribution in [2.24, 2.45) is 5.92 Å². The molecule has 0 aliphatic carbocycles. The maximum atomic E-state index is 13.8. The van der Waals surface area contributed by atoms with Crippen molar-refractivity contribution >= 4 is 17.9 Å². The fourth-order valence-electron chi connectivity index (χ4n) is 4.93. The number of amides is 2. The molecule has 0 unspecified atom stereocenters. The maximum absolute atomic E-state index is 13.8. The number of carbonyl (C=O) groups excluding carboxylic acids is 2. The van der Waals surface area contributed by atoms with E-state index < -0.39 is 11.8 Å². The van der Waals surface area contributed by atoms with E-state index >= 15 is 0 Å². The van der Waals surface area contributed by atoms with E-state index in [2.05, 4.69) is 13.8 Å². The number of benzene rings is 3. The second kappa shape index (κ2) is 13.2. The molecule has 1 aromatic heterocycles. The van der Waals surface area contributed by atoms with E-state index in [0.29, 0.717) is 41.3 Å². The third-order valence-electron chi connectivity index (χ3n) is 7.45. The molecule has 0 N–H and O–H groups in total. The lowest BCUT2D eigenvalue weighted by atomic mass is 9.93. The average molecular weight is 571 g/mol. The van der Waals surface area contributed by atoms with Gasteiger partial charge in [0, 0.05) is 29.4 Å². The van der Waals surface area contributed by atoms with E-state index in [9.17, 15) is 14.9 Å². The molecule has 0 spiro atoms. The van der Waals surface area contributed by atoms with Crippen LogP contribution in [-0.2, 0) is 16.0 Å². The average Bonchev–Trinajstić information content (AvgIpc) is 3.44. The number of carbonyl (C=O) groups is 2. The van der Waals surface area contributed by atoms with E-state index in [-0.39, 0.29) is 12.1 Å². The van der Waals surface area contributed by atoms with Crippen LogP contribution in [0.4, 0.5) is 0 Å². The molecule has 2 heterocycles. The quantitative estimate of drug-likeness (QED) is 0.155. The molecule has 5 rings (SSSR count). The van der Waals surface area contributed by atoms with Gasteiger partial charge in [0.25, 0.3) is 11.8 Å². The summed E-state index contributed by atoms with van der Waals surface area (Å²) in [6.07, 6.45) is 5.07. The molecule has 1 aliphatic heterocycles. The second-order valence-electron chi connectivity index (χ2n) is 10.9. The first kappa shape index (κ1) is 29.3. The van der Waals surface area contributed by atoms with Crippen LogP contribution < -0.4 is 4.74 Å². The second-order valence-corrected chi connectivity index (χ2v) is 10.9. The summed E-state index contributed by atoms with van der Waals surface area (Å²) in [4.78, 5) is 28.2. The molecule has 0 atom stereocenters. The SMILES string of the molecule is CC1=C(C#N)C(=O)N(CCc2ccccc2)C(=O)/C1=C/c1cn(-c2ccccc2)nc1-c1ccc(OCCC(C)C)cc1. The van der Waals surface area contributed by atoms with Crippen LogP contribution in [0.5, 0.6) is 5.75 Å². The minimum Gasteiger partial charge on any atom is -0.494 e. The third kappa shape index (κ3) is 6.65. The molecule has 0 saturated carbocycles. The Morgan fingerprint density at radius 3 is 2.26 bits per heavy atom. The molecule has 7 heteroatoms. The lowest BCUT2D eigenvalue weighted by Gasteiger charge is -2.27. The highest BCUT2D eigenvalue weighted by Crippen LogP contribution is 2.32. The summed E-state index contributed by atoms with van der Waals surface area (Å²) in [7, 11) is 0. The third-order valence-corrected chi connectivity index (χ3v) is 7.45. The summed E-state index contributed by atoms with van der Waals surface area (Å²) in [5, 5.41) is 14.8. The number of ether oxygens (including phenoxy) is 1. The number of nitrogens with zero attached hydrogens (tertiary/aromatic N) is 4. The van der Waals surface area contributed by atoms with Gasteiger partial charge >= 0.3 is 0 Å². The van der Waals surface area contributed by atoms with Crippen molar-refractivity contribution in [2.75, 3.05) is 13.2 Å². The molecule has 0 radical (unpaired) electrons. The number of para-hydroxylation sites is 1. The lowest BCUT2D eigenvalue weighted by molar-refractivity contribution is -0.140. The van der Waals surface area contributed by atoms with E-state index in [1.165, 1.54) is 4.90 Å². The van der Waals surface area contributed by atoms with Crippen LogP contribution in [0.3, 0.4) is 0 Å². The van der Waals surface area contributed by atoms with E-state index in [4.69, 9.17) is 9.84 Å². The summed E-state index contributed by atoms with van der Waals surface area (Å²) in [6, 6.07) is 29.1. The van der Waals surface area contributed by atoms with Gasteiger partial charge in [0.1, 0.15) is 17.4 Å². The van der Waals surface area contributed by atoms with E-state index in [1.54, 1.807) is 17.7 Å². The van der Waals surface area contributed by atoms with Gasteiger partial charge in [-0.05, 0) is 79.3 Å². The minimum absolute atomic E-state index is 0.0289. The molecule has 0 bridgehead atoms. The van der Waals surface area contributed by atoms with Crippen molar-refractivity contribution in [3.8, 4) is 28.8 Å². The van der Waals surface area contributed by atoms with Crippen molar-refractivity contribution in [3.63, 3.8) is 0 Å². The zero-order valence-corrected chi connectivity index (χ0v) is 24.7. The Kier molecular flexibility index (Phi) is 8.97. The molecule has 1 aliphatic rings. The number of hydrogen-bond acceptors (Lipinski definition) is 5. The Balaban J connectivity index is 1.53. The largest absolute Gasteiger partial charge is 0.494 e. The van der Waals surface area contributed by atoms with Crippen LogP contribution >= 0.6 is 0 Å². The van der Waals surface area contributed by atoms with Crippen molar-refractivity contribution in [3.05, 3.63) is 119 Å². The van der Waals surface area contributed by atoms with Gasteiger partial charge < -0.3 is 4.74 Å². The first-order valence-corrected chi connectivity index (χ1v) is 14.5. The van der Waals surface area contributed by atoms with Crippen LogP contribution in [0.2, 0.25) is 0 Å². The highest BCUT2D eigenvalue weighted by molar-refractivity contribution is 6.19. The molecule has 0 fully saturated rings. The number of nitriles is 1. The molecule has 216 valence electrons. The Hall–Kier alpha value is -5.22. The number of rotatable bonds is 10. The van der Waals surface area contributed by atoms with Gasteiger partial charge in [-0.25, -0.2) is 4.68 Å². The predicted molar refractivity (Wildman–Crippen MR) is 167 cm³/mol. The Morgan fingerprint density at radius 2 is 1.60 bits per heavy atom. The van der Waals surface area contributed by atoms with Crippen LogP contribution in [0, 0.1) is 17.2 Å². The summed E-state index contributed by atoms with van der Waals surface area (Å²) in [5.41, 5.74) is 4.70. The standard InChI is InChI=1S/C36H34N4O3/c1-25(2)19-21-43-31-16-14-28(15-17-31)34-29(24-40(38-34)30-12-8-5-9-13-30)22-32-26(3)33(23-37)36(42)39(35(32)41)20-18-27-10-6-4-7-11-27/h4-17,22,24-25H,18-21H2,1-3H3/b32-22+. The molecule has 7 nitrogen and oxygen atoms in total. The summed E-state index contributed by atoms with van der Waals surface area (Å²) < 4.78 is 7.68. The van der Waals surface area contributed by atoms with Gasteiger partial charge in [0.05, 0.1) is 18.0 Å². The molecular weight excluding hydrogens is 536 g/mol. The van der Waals surface area contributed by atoms with Gasteiger partial charge in [-0.2, -0.15) is 10.4 Å². The van der Waals surface area contributed by atoms with Crippen molar-refractivity contribution < 1.29 is 14.3 Å². The van der Waals surface area contributed by atoms with E-state index in [1.807, 2.05) is 97.2 Å². The fourth-order valence-corrected chi connectivity index (χ4v) is 4.93. The number of imide groups is 1. The van der Waals surface area contributed by atoms with Crippen molar-refractivity contribution in [2.45, 2.75) is 33.6 Å². The minimum atomic E-state index is -0.564. The van der Waals surface area contributed by atoms with Crippen molar-refractivity contribution in [1.82, 2.24) is 14.7 Å². The molecule has 0 saturated heterocycles. The van der Waals surface area contributed by atoms with Crippen LogP contribution in [0.25, 0.3) is 23.0 Å². The topological polar surface area (TPSA) is 88.2 Å². The molecule has 2 amide bonds. The van der Waals surface area contributed by atoms with Gasteiger partial charge in [0.2, 0.25) is 0 Å². The van der Waals surface area contributed by atoms with E-state index in [0.717, 1.165) is 29.0 Å². The maximum Gasteiger partial charge on any atom is 0.271 e. The van der Waals surface area contributed by atoms with Crippen LogP contribution in [-0.4, -0.2) is 39.6 Å². The summed E-state index contributed by atoms with van der Waals surface area (Å²) in [5.74, 6) is 0.346. The van der Waals surface area contributed by atoms with Crippen LogP contribution in [0.15, 0.2) is 108 Å². The van der Waals surface area contributed by atoms with Gasteiger partial charge in [-0.1, -0.05) is 62.4 Å². The monoisotopic (exact) mass is 570 g/mol. The first-order chi connectivity index (χ1) is 20.9. The zero-order valence-electron chi connectivity index (χ0n) is 24.7. The molecule has 3 aromatic carbocycles. The summed E-state index contributed by atoms with van der Waals surface area (Å²) >= 11 is 0. The predicted octanol–water partition coefficient (Wildman–Crippen LogP) is 6.80. The first-order valence-electron chi connectivity index (χ1n) is 14.5. The smallest absolute Gasteiger partial charge is 0.271 e. The Labute approximate surface area is 252 Å². The Morgan fingerprint density at radius 1 is 0.930 bits per heavy atom. The number of aromatic nitrogens is 2. The zero-order chi connectivity index (χ0) is 30.3. The van der Waals surface area contributed by atoms with Crippen LogP contribution in [0.1, 0.15) is 38.3 Å².